The third-order valence-electron chi connectivity index (χ3n) is 6.70. The van der Waals surface area contributed by atoms with E-state index >= 15 is 0 Å². The SMILES string of the molecule is Cc1ccc(C(=O)Nc2ccc(S(=O)(=O)N[C@H](Cc3c[nH]c4ccccc34)C(=O)NOCc3ccccc3)cc2)cc1. The van der Waals surface area contributed by atoms with Crippen molar-refractivity contribution in [3.8, 4) is 0 Å². The topological polar surface area (TPSA) is 129 Å². The molecule has 0 aliphatic rings. The summed E-state index contributed by atoms with van der Waals surface area (Å²) in [6.07, 6.45) is 1.84. The van der Waals surface area contributed by atoms with Crippen LogP contribution in [-0.2, 0) is 32.7 Å². The fraction of sp³-hybridized carbons (Fsp3) is 0.125. The number of rotatable bonds is 11. The average Bonchev–Trinajstić information content (AvgIpc) is 3.40. The third kappa shape index (κ3) is 7.10. The van der Waals surface area contributed by atoms with Gasteiger partial charge in [0.25, 0.3) is 11.8 Å². The number of para-hydroxylation sites is 1. The Hall–Kier alpha value is -4.77. The molecule has 214 valence electrons. The van der Waals surface area contributed by atoms with Gasteiger partial charge >= 0.3 is 0 Å². The summed E-state index contributed by atoms with van der Waals surface area (Å²) >= 11 is 0. The summed E-state index contributed by atoms with van der Waals surface area (Å²) in [5.41, 5.74) is 6.84. The number of carbonyl (C=O) groups is 2. The van der Waals surface area contributed by atoms with E-state index in [-0.39, 0.29) is 23.8 Å². The van der Waals surface area contributed by atoms with Gasteiger partial charge in [-0.15, -0.1) is 0 Å². The Kier molecular flexibility index (Phi) is 8.77. The standard InChI is InChI=1S/C32H30N4O5S/c1-22-11-13-24(14-12-22)31(37)34-26-15-17-27(18-16-26)42(39,40)36-30(19-25-20-33-29-10-6-5-9-28(25)29)32(38)35-41-21-23-7-3-2-4-8-23/h2-18,20,30,33,36H,19,21H2,1H3,(H,34,37)(H,35,38)/t30-/m1/s1. The van der Waals surface area contributed by atoms with Gasteiger partial charge in [0.15, 0.2) is 0 Å². The predicted octanol–water partition coefficient (Wildman–Crippen LogP) is 4.87. The number of H-pyrrole nitrogens is 1. The lowest BCUT2D eigenvalue weighted by atomic mass is 10.1. The number of benzene rings is 4. The van der Waals surface area contributed by atoms with Crippen LogP contribution < -0.4 is 15.5 Å². The molecule has 10 heteroatoms. The van der Waals surface area contributed by atoms with E-state index < -0.39 is 22.0 Å². The fourth-order valence-corrected chi connectivity index (χ4v) is 5.62. The molecule has 0 radical (unpaired) electrons. The Morgan fingerprint density at radius 1 is 0.857 bits per heavy atom. The molecule has 0 aliphatic heterocycles. The number of hydroxylamine groups is 1. The maximum atomic E-state index is 13.4. The average molecular weight is 583 g/mol. The largest absolute Gasteiger partial charge is 0.361 e. The summed E-state index contributed by atoms with van der Waals surface area (Å²) in [7, 11) is -4.13. The molecule has 4 N–H and O–H groups in total. The van der Waals surface area contributed by atoms with Crippen LogP contribution in [0.2, 0.25) is 0 Å². The molecule has 0 saturated heterocycles. The highest BCUT2D eigenvalue weighted by Gasteiger charge is 2.27. The quantitative estimate of drug-likeness (QED) is 0.165. The minimum Gasteiger partial charge on any atom is -0.361 e. The van der Waals surface area contributed by atoms with Gasteiger partial charge in [0.1, 0.15) is 6.04 Å². The van der Waals surface area contributed by atoms with Crippen LogP contribution in [0.1, 0.15) is 27.0 Å². The van der Waals surface area contributed by atoms with Gasteiger partial charge in [-0.25, -0.2) is 13.9 Å². The molecule has 0 unspecified atom stereocenters. The summed E-state index contributed by atoms with van der Waals surface area (Å²) in [5.74, 6) is -0.948. The molecule has 4 aromatic carbocycles. The van der Waals surface area contributed by atoms with E-state index in [1.165, 1.54) is 24.3 Å². The number of aromatic amines is 1. The van der Waals surface area contributed by atoms with Crippen LogP contribution in [0.5, 0.6) is 0 Å². The normalized spacial score (nSPS) is 12.1. The number of hydrogen-bond acceptors (Lipinski definition) is 5. The molecule has 9 nitrogen and oxygen atoms in total. The number of aryl methyl sites for hydroxylation is 1. The number of hydrogen-bond donors (Lipinski definition) is 4. The van der Waals surface area contributed by atoms with Gasteiger partial charge in [-0.2, -0.15) is 4.72 Å². The molecular weight excluding hydrogens is 552 g/mol. The molecule has 0 fully saturated rings. The first kappa shape index (κ1) is 28.7. The Labute approximate surface area is 243 Å². The van der Waals surface area contributed by atoms with Crippen LogP contribution in [0.15, 0.2) is 114 Å². The zero-order chi connectivity index (χ0) is 29.5. The number of aromatic nitrogens is 1. The molecule has 0 saturated carbocycles. The lowest BCUT2D eigenvalue weighted by molar-refractivity contribution is -0.136. The molecule has 0 bridgehead atoms. The van der Waals surface area contributed by atoms with Crippen LogP contribution >= 0.6 is 0 Å². The first-order valence-corrected chi connectivity index (χ1v) is 14.8. The maximum Gasteiger partial charge on any atom is 0.262 e. The second kappa shape index (κ2) is 12.8. The highest BCUT2D eigenvalue weighted by molar-refractivity contribution is 7.89. The van der Waals surface area contributed by atoms with E-state index in [0.29, 0.717) is 11.3 Å². The number of nitrogens with one attached hydrogen (secondary N) is 4. The van der Waals surface area contributed by atoms with Gasteiger partial charge in [0, 0.05) is 28.4 Å². The molecule has 0 aliphatic carbocycles. The van der Waals surface area contributed by atoms with E-state index in [4.69, 9.17) is 4.84 Å². The van der Waals surface area contributed by atoms with E-state index in [1.54, 1.807) is 18.3 Å². The third-order valence-corrected chi connectivity index (χ3v) is 8.19. The smallest absolute Gasteiger partial charge is 0.262 e. The van der Waals surface area contributed by atoms with Gasteiger partial charge in [0.2, 0.25) is 10.0 Å². The van der Waals surface area contributed by atoms with Crippen molar-refractivity contribution in [3.05, 3.63) is 132 Å². The van der Waals surface area contributed by atoms with E-state index in [0.717, 1.165) is 27.6 Å². The molecule has 1 heterocycles. The number of amides is 2. The van der Waals surface area contributed by atoms with E-state index in [2.05, 4.69) is 20.5 Å². The molecule has 2 amide bonds. The highest BCUT2D eigenvalue weighted by atomic mass is 32.2. The number of fused-ring (bicyclic) bond motifs is 1. The minimum atomic E-state index is -4.13. The summed E-state index contributed by atoms with van der Waals surface area (Å²) in [6.45, 7) is 2.05. The van der Waals surface area contributed by atoms with Crippen LogP contribution in [0.25, 0.3) is 10.9 Å². The van der Waals surface area contributed by atoms with Gasteiger partial charge in [-0.3, -0.25) is 14.4 Å². The van der Waals surface area contributed by atoms with Crippen molar-refractivity contribution >= 4 is 38.4 Å². The monoisotopic (exact) mass is 582 g/mol. The molecular formula is C32H30N4O5S. The first-order valence-electron chi connectivity index (χ1n) is 13.3. The van der Waals surface area contributed by atoms with Gasteiger partial charge in [-0.1, -0.05) is 66.2 Å². The predicted molar refractivity (Wildman–Crippen MR) is 161 cm³/mol. The number of sulfonamides is 1. The Balaban J connectivity index is 1.31. The summed E-state index contributed by atoms with van der Waals surface area (Å²) < 4.78 is 29.3. The molecule has 42 heavy (non-hydrogen) atoms. The summed E-state index contributed by atoms with van der Waals surface area (Å²) in [5, 5.41) is 3.64. The second-order valence-electron chi connectivity index (χ2n) is 9.82. The number of anilines is 1. The van der Waals surface area contributed by atoms with Crippen molar-refractivity contribution < 1.29 is 22.8 Å². The van der Waals surface area contributed by atoms with Crippen molar-refractivity contribution in [2.45, 2.75) is 30.9 Å². The van der Waals surface area contributed by atoms with Crippen molar-refractivity contribution in [2.75, 3.05) is 5.32 Å². The fourth-order valence-electron chi connectivity index (χ4n) is 4.43. The zero-order valence-electron chi connectivity index (χ0n) is 22.8. The Bertz CT molecular complexity index is 1780. The Morgan fingerprint density at radius 2 is 1.55 bits per heavy atom. The van der Waals surface area contributed by atoms with E-state index in [1.807, 2.05) is 73.7 Å². The van der Waals surface area contributed by atoms with E-state index in [9.17, 15) is 18.0 Å². The lowest BCUT2D eigenvalue weighted by Crippen LogP contribution is -2.47. The van der Waals surface area contributed by atoms with Gasteiger partial charge in [0.05, 0.1) is 11.5 Å². The van der Waals surface area contributed by atoms with Crippen molar-refractivity contribution in [1.29, 1.82) is 0 Å². The first-order chi connectivity index (χ1) is 20.3. The van der Waals surface area contributed by atoms with Crippen LogP contribution in [0, 0.1) is 6.92 Å². The Morgan fingerprint density at radius 3 is 2.29 bits per heavy atom. The highest BCUT2D eigenvalue weighted by Crippen LogP contribution is 2.21. The van der Waals surface area contributed by atoms with Crippen molar-refractivity contribution in [3.63, 3.8) is 0 Å². The summed E-state index contributed by atoms with van der Waals surface area (Å²) in [6, 6.07) is 28.5. The molecule has 0 spiro atoms. The lowest BCUT2D eigenvalue weighted by Gasteiger charge is -2.18. The molecule has 5 aromatic rings. The van der Waals surface area contributed by atoms with Crippen LogP contribution in [0.4, 0.5) is 5.69 Å². The molecule has 5 rings (SSSR count). The van der Waals surface area contributed by atoms with Crippen LogP contribution in [-0.4, -0.2) is 31.3 Å². The summed E-state index contributed by atoms with van der Waals surface area (Å²) in [4.78, 5) is 34.3. The second-order valence-corrected chi connectivity index (χ2v) is 11.5. The minimum absolute atomic E-state index is 0.0576. The van der Waals surface area contributed by atoms with Crippen molar-refractivity contribution in [2.24, 2.45) is 0 Å². The maximum absolute atomic E-state index is 13.4. The van der Waals surface area contributed by atoms with Crippen molar-refractivity contribution in [1.82, 2.24) is 15.2 Å². The zero-order valence-corrected chi connectivity index (χ0v) is 23.6. The van der Waals surface area contributed by atoms with Gasteiger partial charge in [-0.05, 0) is 66.9 Å². The number of carbonyl (C=O) groups excluding carboxylic acids is 2. The molecule has 1 atom stereocenters. The van der Waals surface area contributed by atoms with Crippen LogP contribution in [0.3, 0.4) is 0 Å². The molecule has 1 aromatic heterocycles. The van der Waals surface area contributed by atoms with Gasteiger partial charge < -0.3 is 10.3 Å².